The second-order valence-electron chi connectivity index (χ2n) is 6.41. The van der Waals surface area contributed by atoms with Crippen LogP contribution in [0, 0.1) is 0 Å². The minimum absolute atomic E-state index is 0.0789. The number of amides is 2. The SMILES string of the molecule is O=C(NC1CC(=O)N(Cc2ccccc2)C1)c1ccc2[nH]ccc2c1. The van der Waals surface area contributed by atoms with E-state index in [0.29, 0.717) is 25.1 Å². The maximum atomic E-state index is 12.5. The van der Waals surface area contributed by atoms with E-state index >= 15 is 0 Å². The largest absolute Gasteiger partial charge is 0.361 e. The second kappa shape index (κ2) is 6.43. The fraction of sp³-hybridized carbons (Fsp3) is 0.200. The highest BCUT2D eigenvalue weighted by atomic mass is 16.2. The van der Waals surface area contributed by atoms with E-state index in [-0.39, 0.29) is 17.9 Å². The highest BCUT2D eigenvalue weighted by Crippen LogP contribution is 2.17. The molecular formula is C20H19N3O2. The fourth-order valence-electron chi connectivity index (χ4n) is 3.29. The summed E-state index contributed by atoms with van der Waals surface area (Å²) in [6.07, 6.45) is 2.20. The molecule has 1 saturated heterocycles. The van der Waals surface area contributed by atoms with E-state index in [0.717, 1.165) is 16.5 Å². The highest BCUT2D eigenvalue weighted by molar-refractivity contribution is 5.98. The normalized spacial score (nSPS) is 17.2. The van der Waals surface area contributed by atoms with Gasteiger partial charge in [-0.3, -0.25) is 9.59 Å². The number of benzene rings is 2. The highest BCUT2D eigenvalue weighted by Gasteiger charge is 2.30. The standard InChI is InChI=1S/C20H19N3O2/c24-19-11-17(13-23(19)12-14-4-2-1-3-5-14)22-20(25)16-6-7-18-15(10-16)8-9-21-18/h1-10,17,21H,11-13H2,(H,22,25). The number of nitrogens with zero attached hydrogens (tertiary/aromatic N) is 1. The fourth-order valence-corrected chi connectivity index (χ4v) is 3.29. The average molecular weight is 333 g/mol. The summed E-state index contributed by atoms with van der Waals surface area (Å²) in [7, 11) is 0. The van der Waals surface area contributed by atoms with E-state index in [4.69, 9.17) is 0 Å². The van der Waals surface area contributed by atoms with Crippen LogP contribution in [0.5, 0.6) is 0 Å². The summed E-state index contributed by atoms with van der Waals surface area (Å²) in [4.78, 5) is 29.6. The first-order valence-electron chi connectivity index (χ1n) is 8.39. The molecule has 2 amide bonds. The van der Waals surface area contributed by atoms with Gasteiger partial charge in [-0.1, -0.05) is 30.3 Å². The Morgan fingerprint density at radius 2 is 2.00 bits per heavy atom. The summed E-state index contributed by atoms with van der Waals surface area (Å²) in [6, 6.07) is 17.2. The smallest absolute Gasteiger partial charge is 0.251 e. The second-order valence-corrected chi connectivity index (χ2v) is 6.41. The number of hydrogen-bond donors (Lipinski definition) is 2. The van der Waals surface area contributed by atoms with Gasteiger partial charge in [0, 0.05) is 42.2 Å². The summed E-state index contributed by atoms with van der Waals surface area (Å²) >= 11 is 0. The number of hydrogen-bond acceptors (Lipinski definition) is 2. The molecule has 126 valence electrons. The molecule has 5 heteroatoms. The van der Waals surface area contributed by atoms with Crippen molar-refractivity contribution in [2.45, 2.75) is 19.0 Å². The molecule has 1 unspecified atom stereocenters. The van der Waals surface area contributed by atoms with Crippen molar-refractivity contribution < 1.29 is 9.59 Å². The summed E-state index contributed by atoms with van der Waals surface area (Å²) in [5, 5.41) is 3.99. The minimum atomic E-state index is -0.148. The van der Waals surface area contributed by atoms with Crippen LogP contribution in [-0.4, -0.2) is 34.3 Å². The lowest BCUT2D eigenvalue weighted by atomic mass is 10.1. The van der Waals surface area contributed by atoms with Crippen molar-refractivity contribution in [3.63, 3.8) is 0 Å². The predicted molar refractivity (Wildman–Crippen MR) is 96.0 cm³/mol. The van der Waals surface area contributed by atoms with Gasteiger partial charge in [-0.25, -0.2) is 0 Å². The van der Waals surface area contributed by atoms with Gasteiger partial charge in [0.05, 0.1) is 6.04 Å². The monoisotopic (exact) mass is 333 g/mol. The lowest BCUT2D eigenvalue weighted by Crippen LogP contribution is -2.37. The number of nitrogens with one attached hydrogen (secondary N) is 2. The zero-order valence-corrected chi connectivity index (χ0v) is 13.7. The van der Waals surface area contributed by atoms with Gasteiger partial charge in [-0.05, 0) is 29.8 Å². The first-order chi connectivity index (χ1) is 12.2. The molecule has 1 atom stereocenters. The first-order valence-corrected chi connectivity index (χ1v) is 8.39. The van der Waals surface area contributed by atoms with Gasteiger partial charge in [0.2, 0.25) is 5.91 Å². The molecule has 0 aliphatic carbocycles. The van der Waals surface area contributed by atoms with Crippen LogP contribution >= 0.6 is 0 Å². The number of likely N-dealkylation sites (tertiary alicyclic amines) is 1. The molecule has 2 aromatic carbocycles. The molecule has 1 aliphatic rings. The maximum Gasteiger partial charge on any atom is 0.251 e. The quantitative estimate of drug-likeness (QED) is 0.771. The molecule has 0 bridgehead atoms. The predicted octanol–water partition coefficient (Wildman–Crippen LogP) is 2.70. The molecule has 1 aliphatic heterocycles. The van der Waals surface area contributed by atoms with Crippen LogP contribution in [0.2, 0.25) is 0 Å². The van der Waals surface area contributed by atoms with E-state index in [1.807, 2.05) is 54.7 Å². The Kier molecular flexibility index (Phi) is 3.98. The van der Waals surface area contributed by atoms with Crippen LogP contribution in [-0.2, 0) is 11.3 Å². The number of aromatic nitrogens is 1. The number of carbonyl (C=O) groups is 2. The summed E-state index contributed by atoms with van der Waals surface area (Å²) in [6.45, 7) is 1.13. The van der Waals surface area contributed by atoms with Gasteiger partial charge in [-0.2, -0.15) is 0 Å². The number of H-pyrrole nitrogens is 1. The van der Waals surface area contributed by atoms with Crippen LogP contribution in [0.4, 0.5) is 0 Å². The van der Waals surface area contributed by atoms with Crippen molar-refractivity contribution in [1.29, 1.82) is 0 Å². The molecule has 4 rings (SSSR count). The van der Waals surface area contributed by atoms with Crippen LogP contribution in [0.15, 0.2) is 60.8 Å². The third-order valence-electron chi connectivity index (χ3n) is 4.58. The topological polar surface area (TPSA) is 65.2 Å². The van der Waals surface area contributed by atoms with Crippen molar-refractivity contribution in [3.8, 4) is 0 Å². The first kappa shape index (κ1) is 15.4. The van der Waals surface area contributed by atoms with E-state index in [2.05, 4.69) is 10.3 Å². The van der Waals surface area contributed by atoms with Gasteiger partial charge in [0.25, 0.3) is 5.91 Å². The van der Waals surface area contributed by atoms with Crippen LogP contribution in [0.3, 0.4) is 0 Å². The molecule has 0 radical (unpaired) electrons. The Labute approximate surface area is 145 Å². The average Bonchev–Trinajstić information content (AvgIpc) is 3.22. The van der Waals surface area contributed by atoms with Gasteiger partial charge < -0.3 is 15.2 Å². The Balaban J connectivity index is 1.41. The third kappa shape index (κ3) is 3.26. The summed E-state index contributed by atoms with van der Waals surface area (Å²) in [5.74, 6) is -0.0577. The Morgan fingerprint density at radius 3 is 2.84 bits per heavy atom. The molecule has 5 nitrogen and oxygen atoms in total. The zero-order chi connectivity index (χ0) is 17.2. The Hall–Kier alpha value is -3.08. The molecule has 1 fully saturated rings. The molecule has 1 aromatic heterocycles. The Bertz CT molecular complexity index is 917. The lowest BCUT2D eigenvalue weighted by molar-refractivity contribution is -0.128. The maximum absolute atomic E-state index is 12.5. The third-order valence-corrected chi connectivity index (χ3v) is 4.58. The molecule has 0 saturated carbocycles. The van der Waals surface area contributed by atoms with E-state index in [1.54, 1.807) is 11.0 Å². The van der Waals surface area contributed by atoms with E-state index in [9.17, 15) is 9.59 Å². The van der Waals surface area contributed by atoms with Crippen molar-refractivity contribution in [2.75, 3.05) is 6.54 Å². The minimum Gasteiger partial charge on any atom is -0.361 e. The van der Waals surface area contributed by atoms with Gasteiger partial charge in [-0.15, -0.1) is 0 Å². The summed E-state index contributed by atoms with van der Waals surface area (Å²) in [5.41, 5.74) is 2.71. The molecule has 0 spiro atoms. The number of fused-ring (bicyclic) bond motifs is 1. The number of carbonyl (C=O) groups excluding carboxylic acids is 2. The van der Waals surface area contributed by atoms with Gasteiger partial charge in [0.15, 0.2) is 0 Å². The zero-order valence-electron chi connectivity index (χ0n) is 13.7. The van der Waals surface area contributed by atoms with Gasteiger partial charge in [0.1, 0.15) is 0 Å². The van der Waals surface area contributed by atoms with E-state index < -0.39 is 0 Å². The van der Waals surface area contributed by atoms with Crippen LogP contribution in [0.25, 0.3) is 10.9 Å². The van der Waals surface area contributed by atoms with Crippen LogP contribution in [0.1, 0.15) is 22.3 Å². The van der Waals surface area contributed by atoms with Crippen molar-refractivity contribution in [1.82, 2.24) is 15.2 Å². The van der Waals surface area contributed by atoms with Crippen LogP contribution < -0.4 is 5.32 Å². The van der Waals surface area contributed by atoms with Gasteiger partial charge >= 0.3 is 0 Å². The van der Waals surface area contributed by atoms with Crippen molar-refractivity contribution in [3.05, 3.63) is 71.9 Å². The Morgan fingerprint density at radius 1 is 1.16 bits per heavy atom. The van der Waals surface area contributed by atoms with Crippen molar-refractivity contribution in [2.24, 2.45) is 0 Å². The molecule has 2 N–H and O–H groups in total. The summed E-state index contributed by atoms with van der Waals surface area (Å²) < 4.78 is 0. The number of aromatic amines is 1. The number of rotatable bonds is 4. The molecule has 2 heterocycles. The molecule has 3 aromatic rings. The van der Waals surface area contributed by atoms with Crippen molar-refractivity contribution >= 4 is 22.7 Å². The molecular weight excluding hydrogens is 314 g/mol. The van der Waals surface area contributed by atoms with E-state index in [1.165, 1.54) is 0 Å². The lowest BCUT2D eigenvalue weighted by Gasteiger charge is -2.17. The molecule has 25 heavy (non-hydrogen) atoms.